The minimum absolute atomic E-state index is 0.132. The Balaban J connectivity index is 1.85. The second-order valence-corrected chi connectivity index (χ2v) is 7.53. The van der Waals surface area contributed by atoms with Gasteiger partial charge in [0.25, 0.3) is 0 Å². The van der Waals surface area contributed by atoms with Gasteiger partial charge in [0, 0.05) is 10.6 Å². The standard InChI is InChI=1S/C20H28O6S/c1-4-6-7-14(5-2)12-24-19(21)8-9-27-18-11-17-16(25-13-26-17)10-15(18)20(22)23-3/h10-11,14H,4-9,12-13H2,1-3H3. The fourth-order valence-electron chi connectivity index (χ4n) is 2.74. The van der Waals surface area contributed by atoms with Crippen molar-refractivity contribution in [1.29, 1.82) is 0 Å². The minimum Gasteiger partial charge on any atom is -0.465 e. The number of fused-ring (bicyclic) bond motifs is 1. The third-order valence-corrected chi connectivity index (χ3v) is 5.52. The number of benzene rings is 1. The van der Waals surface area contributed by atoms with E-state index < -0.39 is 5.97 Å². The summed E-state index contributed by atoms with van der Waals surface area (Å²) in [6.07, 6.45) is 4.70. The smallest absolute Gasteiger partial charge is 0.339 e. The molecule has 1 aliphatic heterocycles. The van der Waals surface area contributed by atoms with Crippen molar-refractivity contribution >= 4 is 23.7 Å². The summed E-state index contributed by atoms with van der Waals surface area (Å²) in [5.41, 5.74) is 0.408. The van der Waals surface area contributed by atoms with E-state index in [0.717, 1.165) is 25.7 Å². The van der Waals surface area contributed by atoms with Crippen LogP contribution < -0.4 is 9.47 Å². The van der Waals surface area contributed by atoms with Crippen molar-refractivity contribution in [3.8, 4) is 11.5 Å². The summed E-state index contributed by atoms with van der Waals surface area (Å²) >= 11 is 1.40. The maximum atomic E-state index is 12.0. The van der Waals surface area contributed by atoms with Crippen LogP contribution in [0.4, 0.5) is 0 Å². The molecule has 1 aromatic carbocycles. The predicted molar refractivity (Wildman–Crippen MR) is 104 cm³/mol. The molecule has 0 saturated heterocycles. The molecule has 0 fully saturated rings. The van der Waals surface area contributed by atoms with Crippen LogP contribution in [0.2, 0.25) is 0 Å². The largest absolute Gasteiger partial charge is 0.465 e. The SMILES string of the molecule is CCCCC(CC)COC(=O)CCSc1cc2c(cc1C(=O)OC)OCO2. The van der Waals surface area contributed by atoms with E-state index in [1.54, 1.807) is 12.1 Å². The maximum absolute atomic E-state index is 12.0. The van der Waals surface area contributed by atoms with Crippen LogP contribution in [0.15, 0.2) is 17.0 Å². The van der Waals surface area contributed by atoms with Crippen LogP contribution >= 0.6 is 11.8 Å². The molecule has 0 spiro atoms. The molecule has 6 nitrogen and oxygen atoms in total. The van der Waals surface area contributed by atoms with Crippen LogP contribution in [0.3, 0.4) is 0 Å². The molecular weight excluding hydrogens is 368 g/mol. The first-order valence-corrected chi connectivity index (χ1v) is 10.4. The Hall–Kier alpha value is -1.89. The second kappa shape index (κ2) is 11.1. The van der Waals surface area contributed by atoms with E-state index in [1.165, 1.54) is 18.9 Å². The van der Waals surface area contributed by atoms with Crippen LogP contribution in [0.1, 0.15) is 56.3 Å². The molecule has 7 heteroatoms. The van der Waals surface area contributed by atoms with Gasteiger partial charge in [-0.15, -0.1) is 11.8 Å². The monoisotopic (exact) mass is 396 g/mol. The van der Waals surface area contributed by atoms with Crippen LogP contribution in [0, 0.1) is 5.92 Å². The Morgan fingerprint density at radius 2 is 1.96 bits per heavy atom. The number of thioether (sulfide) groups is 1. The topological polar surface area (TPSA) is 71.1 Å². The summed E-state index contributed by atoms with van der Waals surface area (Å²) < 4.78 is 20.9. The van der Waals surface area contributed by atoms with Crippen molar-refractivity contribution in [2.45, 2.75) is 50.8 Å². The Morgan fingerprint density at radius 1 is 1.22 bits per heavy atom. The number of hydrogen-bond acceptors (Lipinski definition) is 7. The molecule has 0 radical (unpaired) electrons. The van der Waals surface area contributed by atoms with E-state index in [0.29, 0.717) is 40.2 Å². The first-order valence-electron chi connectivity index (χ1n) is 9.39. The van der Waals surface area contributed by atoms with E-state index in [2.05, 4.69) is 13.8 Å². The minimum atomic E-state index is -0.444. The lowest BCUT2D eigenvalue weighted by molar-refractivity contribution is -0.144. The van der Waals surface area contributed by atoms with Crippen molar-refractivity contribution in [2.24, 2.45) is 5.92 Å². The van der Waals surface area contributed by atoms with Gasteiger partial charge in [0.05, 0.1) is 25.7 Å². The zero-order chi connectivity index (χ0) is 19.6. The highest BCUT2D eigenvalue weighted by Crippen LogP contribution is 2.38. The Morgan fingerprint density at radius 3 is 2.63 bits per heavy atom. The number of hydrogen-bond donors (Lipinski definition) is 0. The number of carbonyl (C=O) groups is 2. The van der Waals surface area contributed by atoms with E-state index in [9.17, 15) is 9.59 Å². The predicted octanol–water partition coefficient (Wildman–Crippen LogP) is 4.44. The average molecular weight is 397 g/mol. The molecule has 2 rings (SSSR count). The van der Waals surface area contributed by atoms with E-state index in [-0.39, 0.29) is 19.2 Å². The van der Waals surface area contributed by atoms with Crippen LogP contribution in [-0.2, 0) is 14.3 Å². The van der Waals surface area contributed by atoms with Gasteiger partial charge in [-0.25, -0.2) is 4.79 Å². The second-order valence-electron chi connectivity index (χ2n) is 6.39. The summed E-state index contributed by atoms with van der Waals surface area (Å²) in [4.78, 5) is 24.7. The maximum Gasteiger partial charge on any atom is 0.339 e. The summed E-state index contributed by atoms with van der Waals surface area (Å²) in [5.74, 6) is 1.40. The van der Waals surface area contributed by atoms with Crippen molar-refractivity contribution < 1.29 is 28.5 Å². The summed E-state index contributed by atoms with van der Waals surface area (Å²) in [7, 11) is 1.33. The van der Waals surface area contributed by atoms with Crippen LogP contribution in [-0.4, -0.2) is 38.2 Å². The molecule has 1 atom stereocenters. The van der Waals surface area contributed by atoms with Gasteiger partial charge in [0.2, 0.25) is 6.79 Å². The Kier molecular flexibility index (Phi) is 8.78. The molecule has 150 valence electrons. The lowest BCUT2D eigenvalue weighted by atomic mass is 10.0. The number of unbranched alkanes of at least 4 members (excludes halogenated alkanes) is 1. The fourth-order valence-corrected chi connectivity index (χ4v) is 3.71. The molecule has 1 aromatic rings. The molecular formula is C20H28O6S. The molecule has 1 unspecified atom stereocenters. The molecule has 0 aliphatic carbocycles. The van der Waals surface area contributed by atoms with Crippen molar-refractivity contribution in [1.82, 2.24) is 0 Å². The molecule has 0 amide bonds. The summed E-state index contributed by atoms with van der Waals surface area (Å²) in [6.45, 7) is 4.90. The molecule has 1 heterocycles. The lowest BCUT2D eigenvalue weighted by Crippen LogP contribution is -2.14. The normalized spacial score (nSPS) is 13.3. The Bertz CT molecular complexity index is 646. The summed E-state index contributed by atoms with van der Waals surface area (Å²) in [6, 6.07) is 3.37. The highest BCUT2D eigenvalue weighted by atomic mass is 32.2. The zero-order valence-corrected chi connectivity index (χ0v) is 17.1. The first kappa shape index (κ1) is 21.4. The summed E-state index contributed by atoms with van der Waals surface area (Å²) in [5, 5.41) is 0. The van der Waals surface area contributed by atoms with Gasteiger partial charge >= 0.3 is 11.9 Å². The number of methoxy groups -OCH3 is 1. The van der Waals surface area contributed by atoms with Crippen molar-refractivity contribution in [2.75, 3.05) is 26.3 Å². The van der Waals surface area contributed by atoms with Crippen LogP contribution in [0.25, 0.3) is 0 Å². The number of carbonyl (C=O) groups excluding carboxylic acids is 2. The number of ether oxygens (including phenoxy) is 4. The lowest BCUT2D eigenvalue weighted by Gasteiger charge is -2.14. The van der Waals surface area contributed by atoms with Crippen LogP contribution in [0.5, 0.6) is 11.5 Å². The third-order valence-electron chi connectivity index (χ3n) is 4.47. The van der Waals surface area contributed by atoms with Gasteiger partial charge < -0.3 is 18.9 Å². The molecule has 0 bridgehead atoms. The molecule has 27 heavy (non-hydrogen) atoms. The van der Waals surface area contributed by atoms with E-state index in [4.69, 9.17) is 18.9 Å². The van der Waals surface area contributed by atoms with Gasteiger partial charge in [0.1, 0.15) is 0 Å². The van der Waals surface area contributed by atoms with E-state index in [1.807, 2.05) is 0 Å². The fraction of sp³-hybridized carbons (Fsp3) is 0.600. The van der Waals surface area contributed by atoms with Crippen molar-refractivity contribution in [3.63, 3.8) is 0 Å². The number of esters is 2. The first-order chi connectivity index (χ1) is 13.1. The number of rotatable bonds is 11. The van der Waals surface area contributed by atoms with Crippen molar-refractivity contribution in [3.05, 3.63) is 17.7 Å². The zero-order valence-electron chi connectivity index (χ0n) is 16.2. The molecule has 0 N–H and O–H groups in total. The average Bonchev–Trinajstić information content (AvgIpc) is 3.14. The van der Waals surface area contributed by atoms with E-state index >= 15 is 0 Å². The van der Waals surface area contributed by atoms with Gasteiger partial charge in [-0.2, -0.15) is 0 Å². The third kappa shape index (κ3) is 6.34. The molecule has 0 saturated carbocycles. The van der Waals surface area contributed by atoms with Gasteiger partial charge in [-0.3, -0.25) is 4.79 Å². The van der Waals surface area contributed by atoms with Gasteiger partial charge in [-0.1, -0.05) is 33.1 Å². The Labute approximate surface area is 164 Å². The van der Waals surface area contributed by atoms with Gasteiger partial charge in [0.15, 0.2) is 11.5 Å². The highest BCUT2D eigenvalue weighted by Gasteiger charge is 2.22. The molecule has 1 aliphatic rings. The quantitative estimate of drug-likeness (QED) is 0.404. The highest BCUT2D eigenvalue weighted by molar-refractivity contribution is 7.99. The molecule has 0 aromatic heterocycles. The van der Waals surface area contributed by atoms with Gasteiger partial charge in [-0.05, 0) is 24.5 Å².